The predicted octanol–water partition coefficient (Wildman–Crippen LogP) is 1.95. The van der Waals surface area contributed by atoms with Crippen molar-refractivity contribution in [1.82, 2.24) is 4.98 Å². The molecule has 14 heavy (non-hydrogen) atoms. The molecule has 0 bridgehead atoms. The molecule has 0 radical (unpaired) electrons. The summed E-state index contributed by atoms with van der Waals surface area (Å²) in [6, 6.07) is 2.19. The van der Waals surface area contributed by atoms with Crippen molar-refractivity contribution >= 4 is 17.1 Å². The van der Waals surface area contributed by atoms with Crippen LogP contribution in [0, 0.1) is 16.7 Å². The van der Waals surface area contributed by atoms with Crippen LogP contribution >= 0.6 is 11.3 Å². The van der Waals surface area contributed by atoms with E-state index >= 15 is 0 Å². The van der Waals surface area contributed by atoms with Gasteiger partial charge < -0.3 is 0 Å². The van der Waals surface area contributed by atoms with Crippen molar-refractivity contribution in [1.29, 1.82) is 5.26 Å². The lowest BCUT2D eigenvalue weighted by Crippen LogP contribution is -2.25. The summed E-state index contributed by atoms with van der Waals surface area (Å²) in [6.45, 7) is 0. The van der Waals surface area contributed by atoms with Crippen LogP contribution in [0.1, 0.15) is 24.1 Å². The van der Waals surface area contributed by atoms with E-state index < -0.39 is 5.41 Å². The Kier molecular flexibility index (Phi) is 2.34. The number of carbonyl (C=O) groups excluding carboxylic acids is 1. The van der Waals surface area contributed by atoms with Gasteiger partial charge in [-0.1, -0.05) is 0 Å². The minimum atomic E-state index is -0.744. The van der Waals surface area contributed by atoms with Crippen LogP contribution in [0.15, 0.2) is 11.7 Å². The second kappa shape index (κ2) is 3.50. The molecule has 4 heteroatoms. The lowest BCUT2D eigenvalue weighted by Gasteiger charge is -2.16. The molecular weight excluding hydrogens is 196 g/mol. The van der Waals surface area contributed by atoms with E-state index in [9.17, 15) is 4.79 Å². The molecule has 0 aromatic carbocycles. The van der Waals surface area contributed by atoms with Crippen LogP contribution < -0.4 is 0 Å². The van der Waals surface area contributed by atoms with Gasteiger partial charge in [-0.15, -0.1) is 11.3 Å². The van der Waals surface area contributed by atoms with E-state index in [1.54, 1.807) is 11.7 Å². The Morgan fingerprint density at radius 3 is 3.07 bits per heavy atom. The van der Waals surface area contributed by atoms with E-state index in [4.69, 9.17) is 5.26 Å². The number of carbonyl (C=O) groups is 1. The summed E-state index contributed by atoms with van der Waals surface area (Å²) >= 11 is 1.51. The highest BCUT2D eigenvalue weighted by atomic mass is 32.1. The van der Waals surface area contributed by atoms with Gasteiger partial charge in [-0.05, 0) is 12.8 Å². The Balaban J connectivity index is 2.23. The number of Topliss-reactive ketones (excluding diaryl/α,β-unsaturated/α-hetero) is 1. The maximum atomic E-state index is 11.6. The van der Waals surface area contributed by atoms with Crippen molar-refractivity contribution in [3.63, 3.8) is 0 Å². The van der Waals surface area contributed by atoms with Gasteiger partial charge in [0.25, 0.3) is 0 Å². The van der Waals surface area contributed by atoms with Crippen molar-refractivity contribution in [2.75, 3.05) is 0 Å². The summed E-state index contributed by atoms with van der Waals surface area (Å²) in [7, 11) is 0. The SMILES string of the molecule is N#CC1(Cc2cncs2)CCCC1=O. The molecule has 1 heterocycles. The van der Waals surface area contributed by atoms with Crippen molar-refractivity contribution in [2.24, 2.45) is 5.41 Å². The number of aromatic nitrogens is 1. The third-order valence-corrected chi connectivity index (χ3v) is 3.49. The first-order chi connectivity index (χ1) is 6.77. The molecule has 1 atom stereocenters. The Morgan fingerprint density at radius 1 is 1.71 bits per heavy atom. The molecule has 2 rings (SSSR count). The van der Waals surface area contributed by atoms with E-state index in [-0.39, 0.29) is 5.78 Å². The average molecular weight is 206 g/mol. The number of ketones is 1. The number of hydrogen-bond acceptors (Lipinski definition) is 4. The maximum absolute atomic E-state index is 11.6. The average Bonchev–Trinajstić information content (AvgIpc) is 2.79. The van der Waals surface area contributed by atoms with Crippen LogP contribution in [0.25, 0.3) is 0 Å². The summed E-state index contributed by atoms with van der Waals surface area (Å²) in [5.74, 6) is 0.105. The lowest BCUT2D eigenvalue weighted by molar-refractivity contribution is -0.123. The van der Waals surface area contributed by atoms with E-state index in [0.29, 0.717) is 19.3 Å². The minimum absolute atomic E-state index is 0.105. The molecule has 72 valence electrons. The van der Waals surface area contributed by atoms with E-state index in [1.807, 2.05) is 0 Å². The van der Waals surface area contributed by atoms with E-state index in [1.165, 1.54) is 11.3 Å². The van der Waals surface area contributed by atoms with Crippen LogP contribution in [-0.2, 0) is 11.2 Å². The Hall–Kier alpha value is -1.21. The molecule has 1 aliphatic rings. The first kappa shape index (κ1) is 9.35. The number of nitriles is 1. The largest absolute Gasteiger partial charge is 0.298 e. The molecule has 1 aliphatic carbocycles. The molecule has 1 unspecified atom stereocenters. The van der Waals surface area contributed by atoms with Gasteiger partial charge in [-0.2, -0.15) is 5.26 Å². The van der Waals surface area contributed by atoms with Gasteiger partial charge in [0, 0.05) is 23.9 Å². The third-order valence-electron chi connectivity index (χ3n) is 2.71. The second-order valence-corrected chi connectivity index (χ2v) is 4.59. The van der Waals surface area contributed by atoms with E-state index in [0.717, 1.165) is 11.3 Å². The fourth-order valence-electron chi connectivity index (χ4n) is 1.90. The van der Waals surface area contributed by atoms with Gasteiger partial charge in [0.05, 0.1) is 11.6 Å². The standard InChI is InChI=1S/C10H10N2OS/c11-6-10(3-1-2-9(10)13)4-8-5-12-7-14-8/h5,7H,1-4H2. The zero-order valence-electron chi connectivity index (χ0n) is 7.69. The van der Waals surface area contributed by atoms with Gasteiger partial charge in [0.2, 0.25) is 0 Å². The second-order valence-electron chi connectivity index (χ2n) is 3.62. The van der Waals surface area contributed by atoms with Crippen LogP contribution in [0.4, 0.5) is 0 Å². The van der Waals surface area contributed by atoms with Crippen molar-refractivity contribution in [3.05, 3.63) is 16.6 Å². The molecule has 0 aliphatic heterocycles. The molecule has 0 spiro atoms. The van der Waals surface area contributed by atoms with Gasteiger partial charge in [0.1, 0.15) is 5.41 Å². The van der Waals surface area contributed by atoms with Gasteiger partial charge in [0.15, 0.2) is 5.78 Å². The molecule has 1 fully saturated rings. The van der Waals surface area contributed by atoms with Crippen molar-refractivity contribution in [3.8, 4) is 6.07 Å². The highest BCUT2D eigenvalue weighted by Gasteiger charge is 2.42. The molecule has 1 saturated carbocycles. The first-order valence-corrected chi connectivity index (χ1v) is 5.47. The summed E-state index contributed by atoms with van der Waals surface area (Å²) < 4.78 is 0. The zero-order chi connectivity index (χ0) is 10.0. The quantitative estimate of drug-likeness (QED) is 0.743. The van der Waals surface area contributed by atoms with Crippen LogP contribution in [0.5, 0.6) is 0 Å². The Labute approximate surface area is 86.4 Å². The van der Waals surface area contributed by atoms with Gasteiger partial charge >= 0.3 is 0 Å². The lowest BCUT2D eigenvalue weighted by atomic mass is 9.83. The molecule has 3 nitrogen and oxygen atoms in total. The molecule has 0 saturated heterocycles. The van der Waals surface area contributed by atoms with Crippen molar-refractivity contribution < 1.29 is 4.79 Å². The predicted molar refractivity (Wildman–Crippen MR) is 52.7 cm³/mol. The first-order valence-electron chi connectivity index (χ1n) is 4.59. The number of thiazole rings is 1. The molecular formula is C10H10N2OS. The Morgan fingerprint density at radius 2 is 2.57 bits per heavy atom. The van der Waals surface area contributed by atoms with E-state index in [2.05, 4.69) is 11.1 Å². The summed E-state index contributed by atoms with van der Waals surface area (Å²) in [5, 5.41) is 9.10. The van der Waals surface area contributed by atoms with Crippen LogP contribution in [0.2, 0.25) is 0 Å². The molecule has 1 aromatic heterocycles. The normalized spacial score (nSPS) is 26.4. The van der Waals surface area contributed by atoms with Gasteiger partial charge in [-0.25, -0.2) is 0 Å². The number of nitrogens with zero attached hydrogens (tertiary/aromatic N) is 2. The van der Waals surface area contributed by atoms with Gasteiger partial charge in [-0.3, -0.25) is 9.78 Å². The van der Waals surface area contributed by atoms with Crippen LogP contribution in [0.3, 0.4) is 0 Å². The Bertz CT molecular complexity index is 379. The maximum Gasteiger partial charge on any atom is 0.153 e. The highest BCUT2D eigenvalue weighted by Crippen LogP contribution is 2.37. The van der Waals surface area contributed by atoms with Crippen molar-refractivity contribution in [2.45, 2.75) is 25.7 Å². The topological polar surface area (TPSA) is 53.8 Å². The third kappa shape index (κ3) is 1.44. The number of hydrogen-bond donors (Lipinski definition) is 0. The monoisotopic (exact) mass is 206 g/mol. The molecule has 1 aromatic rings. The fourth-order valence-corrected chi connectivity index (χ4v) is 2.61. The molecule has 0 amide bonds. The fraction of sp³-hybridized carbons (Fsp3) is 0.500. The smallest absolute Gasteiger partial charge is 0.153 e. The summed E-state index contributed by atoms with van der Waals surface area (Å²) in [4.78, 5) is 16.6. The van der Waals surface area contributed by atoms with Crippen LogP contribution in [-0.4, -0.2) is 10.8 Å². The molecule has 0 N–H and O–H groups in total. The zero-order valence-corrected chi connectivity index (χ0v) is 8.51. The number of rotatable bonds is 2. The summed E-state index contributed by atoms with van der Waals surface area (Å²) in [5.41, 5.74) is 0.992. The summed E-state index contributed by atoms with van der Waals surface area (Å²) in [6.07, 6.45) is 4.42. The highest BCUT2D eigenvalue weighted by molar-refractivity contribution is 7.09. The minimum Gasteiger partial charge on any atom is -0.298 e.